The van der Waals surface area contributed by atoms with Gasteiger partial charge in [-0.25, -0.2) is 0 Å². The molecular formula is C20H25NO3. The van der Waals surface area contributed by atoms with E-state index in [4.69, 9.17) is 9.47 Å². The molecule has 2 aromatic rings. The quantitative estimate of drug-likeness (QED) is 0.775. The summed E-state index contributed by atoms with van der Waals surface area (Å²) in [5.41, 5.74) is 2.16. The molecule has 0 saturated carbocycles. The normalized spacial score (nSPS) is 11.7. The summed E-state index contributed by atoms with van der Waals surface area (Å²) >= 11 is 0. The SMILES string of the molecule is COc1cc(CCC(=O)N(C)C(C)c2ccccc2)cc(OC)c1. The van der Waals surface area contributed by atoms with Crippen LogP contribution in [0.25, 0.3) is 0 Å². The zero-order chi connectivity index (χ0) is 17.5. The van der Waals surface area contributed by atoms with E-state index in [9.17, 15) is 4.79 Å². The van der Waals surface area contributed by atoms with Crippen molar-refractivity contribution in [3.05, 3.63) is 59.7 Å². The van der Waals surface area contributed by atoms with Crippen LogP contribution < -0.4 is 9.47 Å². The number of carbonyl (C=O) groups excluding carboxylic acids is 1. The fraction of sp³-hybridized carbons (Fsp3) is 0.350. The second-order valence-electron chi connectivity index (χ2n) is 5.81. The summed E-state index contributed by atoms with van der Waals surface area (Å²) in [6, 6.07) is 15.8. The fourth-order valence-corrected chi connectivity index (χ4v) is 2.61. The van der Waals surface area contributed by atoms with Crippen LogP contribution in [0.1, 0.15) is 30.5 Å². The lowest BCUT2D eigenvalue weighted by Gasteiger charge is -2.25. The molecule has 0 spiro atoms. The van der Waals surface area contributed by atoms with Gasteiger partial charge >= 0.3 is 0 Å². The molecule has 0 aliphatic carbocycles. The van der Waals surface area contributed by atoms with Crippen LogP contribution in [0.4, 0.5) is 0 Å². The van der Waals surface area contributed by atoms with Crippen molar-refractivity contribution in [2.24, 2.45) is 0 Å². The van der Waals surface area contributed by atoms with Crippen LogP contribution in [0.15, 0.2) is 48.5 Å². The monoisotopic (exact) mass is 327 g/mol. The third-order valence-electron chi connectivity index (χ3n) is 4.30. The molecule has 0 heterocycles. The Hall–Kier alpha value is -2.49. The van der Waals surface area contributed by atoms with Crippen LogP contribution in [-0.4, -0.2) is 32.1 Å². The van der Waals surface area contributed by atoms with Gasteiger partial charge in [-0.1, -0.05) is 30.3 Å². The Balaban J connectivity index is 2.00. The van der Waals surface area contributed by atoms with Gasteiger partial charge in [-0.05, 0) is 36.6 Å². The molecule has 0 aliphatic rings. The van der Waals surface area contributed by atoms with E-state index in [0.717, 1.165) is 22.6 Å². The lowest BCUT2D eigenvalue weighted by Crippen LogP contribution is -2.29. The summed E-state index contributed by atoms with van der Waals surface area (Å²) in [4.78, 5) is 14.3. The average Bonchev–Trinajstić information content (AvgIpc) is 2.65. The van der Waals surface area contributed by atoms with Gasteiger partial charge < -0.3 is 14.4 Å². The molecule has 0 N–H and O–H groups in total. The number of ether oxygens (including phenoxy) is 2. The molecule has 1 unspecified atom stereocenters. The largest absolute Gasteiger partial charge is 0.497 e. The topological polar surface area (TPSA) is 38.8 Å². The molecule has 0 bridgehead atoms. The predicted octanol–water partition coefficient (Wildman–Crippen LogP) is 3.86. The first-order valence-electron chi connectivity index (χ1n) is 8.07. The molecule has 4 heteroatoms. The van der Waals surface area contributed by atoms with Crippen molar-refractivity contribution in [1.29, 1.82) is 0 Å². The molecule has 2 rings (SSSR count). The highest BCUT2D eigenvalue weighted by molar-refractivity contribution is 5.76. The number of carbonyl (C=O) groups is 1. The summed E-state index contributed by atoms with van der Waals surface area (Å²) in [5, 5.41) is 0. The molecule has 0 radical (unpaired) electrons. The third kappa shape index (κ3) is 4.51. The van der Waals surface area contributed by atoms with Gasteiger partial charge in [0, 0.05) is 19.5 Å². The molecule has 1 atom stereocenters. The van der Waals surface area contributed by atoms with Gasteiger partial charge in [0.1, 0.15) is 11.5 Å². The maximum absolute atomic E-state index is 12.5. The minimum absolute atomic E-state index is 0.0542. The van der Waals surface area contributed by atoms with E-state index in [-0.39, 0.29) is 11.9 Å². The van der Waals surface area contributed by atoms with Gasteiger partial charge in [-0.15, -0.1) is 0 Å². The Morgan fingerprint density at radius 3 is 2.17 bits per heavy atom. The van der Waals surface area contributed by atoms with Gasteiger partial charge in [-0.2, -0.15) is 0 Å². The zero-order valence-electron chi connectivity index (χ0n) is 14.8. The van der Waals surface area contributed by atoms with E-state index in [1.165, 1.54) is 0 Å². The molecule has 128 valence electrons. The number of rotatable bonds is 7. The highest BCUT2D eigenvalue weighted by Crippen LogP contribution is 2.24. The zero-order valence-corrected chi connectivity index (χ0v) is 14.8. The first kappa shape index (κ1) is 17.9. The van der Waals surface area contributed by atoms with E-state index >= 15 is 0 Å². The van der Waals surface area contributed by atoms with Crippen LogP contribution >= 0.6 is 0 Å². The molecule has 4 nitrogen and oxygen atoms in total. The number of hydrogen-bond donors (Lipinski definition) is 0. The number of aryl methyl sites for hydroxylation is 1. The Kier molecular flexibility index (Phi) is 6.24. The van der Waals surface area contributed by atoms with Crippen LogP contribution in [0.2, 0.25) is 0 Å². The molecule has 24 heavy (non-hydrogen) atoms. The van der Waals surface area contributed by atoms with Crippen molar-refractivity contribution >= 4 is 5.91 Å². The van der Waals surface area contributed by atoms with Crippen LogP contribution in [0, 0.1) is 0 Å². The lowest BCUT2D eigenvalue weighted by molar-refractivity contribution is -0.131. The Morgan fingerprint density at radius 1 is 1.04 bits per heavy atom. The van der Waals surface area contributed by atoms with Gasteiger partial charge in [-0.3, -0.25) is 4.79 Å². The standard InChI is InChI=1S/C20H25NO3/c1-15(17-8-6-5-7-9-17)21(2)20(22)11-10-16-12-18(23-3)14-19(13-16)24-4/h5-9,12-15H,10-11H2,1-4H3. The van der Waals surface area contributed by atoms with Crippen LogP contribution in [-0.2, 0) is 11.2 Å². The predicted molar refractivity (Wildman–Crippen MR) is 95.5 cm³/mol. The molecular weight excluding hydrogens is 302 g/mol. The van der Waals surface area contributed by atoms with Crippen molar-refractivity contribution in [2.75, 3.05) is 21.3 Å². The van der Waals surface area contributed by atoms with Crippen LogP contribution in [0.3, 0.4) is 0 Å². The molecule has 0 fully saturated rings. The fourth-order valence-electron chi connectivity index (χ4n) is 2.61. The lowest BCUT2D eigenvalue weighted by atomic mass is 10.1. The Labute approximate surface area is 144 Å². The molecule has 0 saturated heterocycles. The first-order valence-corrected chi connectivity index (χ1v) is 8.07. The smallest absolute Gasteiger partial charge is 0.223 e. The molecule has 1 amide bonds. The van der Waals surface area contributed by atoms with E-state index in [0.29, 0.717) is 12.8 Å². The van der Waals surface area contributed by atoms with Crippen molar-refractivity contribution < 1.29 is 14.3 Å². The van der Waals surface area contributed by atoms with E-state index in [1.54, 1.807) is 19.1 Å². The van der Waals surface area contributed by atoms with Gasteiger partial charge in [0.25, 0.3) is 0 Å². The molecule has 2 aromatic carbocycles. The van der Waals surface area contributed by atoms with E-state index in [2.05, 4.69) is 0 Å². The summed E-state index contributed by atoms with van der Waals surface area (Å²) < 4.78 is 10.5. The highest BCUT2D eigenvalue weighted by atomic mass is 16.5. The maximum atomic E-state index is 12.5. The minimum atomic E-state index is 0.0542. The second-order valence-corrected chi connectivity index (χ2v) is 5.81. The van der Waals surface area contributed by atoms with Crippen LogP contribution in [0.5, 0.6) is 11.5 Å². The summed E-state index contributed by atoms with van der Waals surface area (Å²) in [5.74, 6) is 1.60. The number of methoxy groups -OCH3 is 2. The van der Waals surface area contributed by atoms with Crippen molar-refractivity contribution in [3.63, 3.8) is 0 Å². The van der Waals surface area contributed by atoms with E-state index < -0.39 is 0 Å². The Morgan fingerprint density at radius 2 is 1.62 bits per heavy atom. The number of amides is 1. The van der Waals surface area contributed by atoms with Gasteiger partial charge in [0.15, 0.2) is 0 Å². The van der Waals surface area contributed by atoms with Crippen molar-refractivity contribution in [2.45, 2.75) is 25.8 Å². The average molecular weight is 327 g/mol. The highest BCUT2D eigenvalue weighted by Gasteiger charge is 2.17. The first-order chi connectivity index (χ1) is 11.5. The van der Waals surface area contributed by atoms with E-state index in [1.807, 2.05) is 62.5 Å². The number of benzene rings is 2. The molecule has 0 aliphatic heterocycles. The third-order valence-corrected chi connectivity index (χ3v) is 4.30. The molecule has 0 aromatic heterocycles. The van der Waals surface area contributed by atoms with Crippen molar-refractivity contribution in [1.82, 2.24) is 4.90 Å². The Bertz CT molecular complexity index is 648. The van der Waals surface area contributed by atoms with Gasteiger partial charge in [0.05, 0.1) is 20.3 Å². The number of nitrogens with zero attached hydrogens (tertiary/aromatic N) is 1. The second kappa shape index (κ2) is 8.39. The summed E-state index contributed by atoms with van der Waals surface area (Å²) in [7, 11) is 5.10. The maximum Gasteiger partial charge on any atom is 0.223 e. The summed E-state index contributed by atoms with van der Waals surface area (Å²) in [6.07, 6.45) is 1.10. The summed E-state index contributed by atoms with van der Waals surface area (Å²) in [6.45, 7) is 2.04. The van der Waals surface area contributed by atoms with Gasteiger partial charge in [0.2, 0.25) is 5.91 Å². The number of hydrogen-bond acceptors (Lipinski definition) is 3. The minimum Gasteiger partial charge on any atom is -0.497 e. The van der Waals surface area contributed by atoms with Crippen molar-refractivity contribution in [3.8, 4) is 11.5 Å².